The van der Waals surface area contributed by atoms with Crippen LogP contribution in [0.5, 0.6) is 0 Å². The van der Waals surface area contributed by atoms with E-state index in [9.17, 15) is 4.57 Å². The fourth-order valence-corrected chi connectivity index (χ4v) is 2.21. The number of nitrogens with one attached hydrogen (secondary N) is 2. The van der Waals surface area contributed by atoms with Crippen molar-refractivity contribution in [2.75, 3.05) is 32.4 Å². The van der Waals surface area contributed by atoms with Gasteiger partial charge in [-0.25, -0.2) is 4.57 Å². The third-order valence-corrected chi connectivity index (χ3v) is 3.60. The molecule has 0 rings (SSSR count). The van der Waals surface area contributed by atoms with Crippen LogP contribution >= 0.6 is 18.2 Å². The maximum Gasteiger partial charge on any atom is 0.384 e. The van der Waals surface area contributed by atoms with Crippen LogP contribution in [-0.2, 0) is 4.57 Å². The summed E-state index contributed by atoms with van der Waals surface area (Å²) in [5.41, 5.74) is 0. The second-order valence-corrected chi connectivity index (χ2v) is 6.38. The molecule has 0 heterocycles. The minimum Gasteiger partial charge on any atom is -0.412 e. The van der Waals surface area contributed by atoms with E-state index in [1.807, 2.05) is 7.05 Å². The summed E-state index contributed by atoms with van der Waals surface area (Å²) in [6.45, 7) is -1.39. The van der Waals surface area contributed by atoms with Gasteiger partial charge in [0, 0.05) is 12.3 Å². The summed E-state index contributed by atoms with van der Waals surface area (Å²) in [6, 6.07) is 0. The summed E-state index contributed by atoms with van der Waals surface area (Å²) in [5, 5.41) is 6.10. The summed E-state index contributed by atoms with van der Waals surface area (Å²) in [7, 11) is 1.89. The molecule has 0 spiro atoms. The van der Waals surface area contributed by atoms with Crippen LogP contribution in [0.3, 0.4) is 0 Å². The molecular weight excluding hydrogens is 227 g/mol. The molecule has 0 aliphatic heterocycles. The van der Waals surface area contributed by atoms with E-state index in [1.54, 1.807) is 0 Å². The lowest BCUT2D eigenvalue weighted by molar-refractivity contribution is 0.397. The summed E-state index contributed by atoms with van der Waals surface area (Å²) in [5.74, 6) is 0.448. The lowest BCUT2D eigenvalue weighted by atomic mass is 10.4. The molecular formula is C6H19N2O4PS. The van der Waals surface area contributed by atoms with E-state index in [-0.39, 0.29) is 5.48 Å². The maximum atomic E-state index is 10.4. The fraction of sp³-hybridized carbons (Fsp3) is 1.00. The Bertz CT molecular complexity index is 166. The number of hydrogen-bond acceptors (Lipinski definition) is 4. The Hall–Kier alpha value is 0.380. The first-order chi connectivity index (χ1) is 6.06. The molecule has 0 aromatic carbocycles. The molecule has 0 atom stereocenters. The second-order valence-electron chi connectivity index (χ2n) is 2.53. The molecule has 6 N–H and O–H groups in total. The topological polar surface area (TPSA) is 113 Å². The van der Waals surface area contributed by atoms with Crippen molar-refractivity contribution in [1.82, 2.24) is 10.6 Å². The van der Waals surface area contributed by atoms with Crippen LogP contribution in [0, 0.1) is 0 Å². The molecule has 0 aromatic rings. The number of hydrogen-bond donors (Lipinski definition) is 4. The van der Waals surface area contributed by atoms with Crippen molar-refractivity contribution in [2.45, 2.75) is 6.42 Å². The summed E-state index contributed by atoms with van der Waals surface area (Å²) in [4.78, 5) is 17.0. The van der Waals surface area contributed by atoms with Gasteiger partial charge in [0.05, 0.1) is 0 Å². The quantitative estimate of drug-likeness (QED) is 0.329. The fourth-order valence-electron chi connectivity index (χ4n) is 0.752. The molecule has 0 aliphatic carbocycles. The lowest BCUT2D eigenvalue weighted by Gasteiger charge is -2.04. The third kappa shape index (κ3) is 14.9. The van der Waals surface area contributed by atoms with Gasteiger partial charge in [0.2, 0.25) is 0 Å². The van der Waals surface area contributed by atoms with Gasteiger partial charge in [-0.1, -0.05) is 0 Å². The van der Waals surface area contributed by atoms with Gasteiger partial charge < -0.3 is 25.9 Å². The predicted octanol–water partition coefficient (Wildman–Crippen LogP) is -0.813. The molecule has 14 heavy (non-hydrogen) atoms. The second kappa shape index (κ2) is 9.92. The van der Waals surface area contributed by atoms with Crippen molar-refractivity contribution in [3.8, 4) is 0 Å². The zero-order chi connectivity index (χ0) is 10.2. The van der Waals surface area contributed by atoms with E-state index < -0.39 is 6.80 Å². The third-order valence-electron chi connectivity index (χ3n) is 1.32. The van der Waals surface area contributed by atoms with E-state index in [1.165, 1.54) is 0 Å². The normalized spacial score (nSPS) is 11.1. The van der Waals surface area contributed by atoms with Gasteiger partial charge >= 0.3 is 6.80 Å². The van der Waals surface area contributed by atoms with Crippen molar-refractivity contribution in [2.24, 2.45) is 0 Å². The largest absolute Gasteiger partial charge is 0.412 e. The van der Waals surface area contributed by atoms with Crippen molar-refractivity contribution >= 4 is 18.2 Å². The average Bonchev–Trinajstić information content (AvgIpc) is 2.01. The van der Waals surface area contributed by atoms with Crippen LogP contribution in [0.4, 0.5) is 0 Å². The van der Waals surface area contributed by atoms with Gasteiger partial charge in [-0.2, -0.15) is 0 Å². The Kier molecular flexibility index (Phi) is 11.9. The summed E-state index contributed by atoms with van der Waals surface area (Å²) >= 11 is 0.686. The molecule has 0 saturated heterocycles. The lowest BCUT2D eigenvalue weighted by Crippen LogP contribution is -2.21. The minimum atomic E-state index is -3.86. The highest BCUT2D eigenvalue weighted by atomic mass is 32.7. The zero-order valence-corrected chi connectivity index (χ0v) is 9.90. The Morgan fingerprint density at radius 2 is 1.93 bits per heavy atom. The van der Waals surface area contributed by atoms with Crippen molar-refractivity contribution in [1.29, 1.82) is 0 Å². The molecule has 0 aromatic heterocycles. The van der Waals surface area contributed by atoms with Gasteiger partial charge in [-0.3, -0.25) is 0 Å². The molecule has 0 fully saturated rings. The van der Waals surface area contributed by atoms with Crippen molar-refractivity contribution in [3.63, 3.8) is 0 Å². The molecule has 0 bridgehead atoms. The SMILES string of the molecule is CNCCCNCCSP(=O)(O)O.O. The van der Waals surface area contributed by atoms with E-state index >= 15 is 0 Å². The predicted molar refractivity (Wildman–Crippen MR) is 59.5 cm³/mol. The Morgan fingerprint density at radius 3 is 2.43 bits per heavy atom. The highest BCUT2D eigenvalue weighted by Gasteiger charge is 2.11. The summed E-state index contributed by atoms with van der Waals surface area (Å²) in [6.07, 6.45) is 1.02. The van der Waals surface area contributed by atoms with Gasteiger partial charge in [-0.15, -0.1) is 0 Å². The molecule has 0 radical (unpaired) electrons. The Balaban J connectivity index is 0. The standard InChI is InChI=1S/C6H17N2O3PS.H2O/c1-7-3-2-4-8-5-6-13-12(9,10)11;/h7-8H,2-6H2,1H3,(H2,9,10,11);1H2. The van der Waals surface area contributed by atoms with Gasteiger partial charge in [0.1, 0.15) is 0 Å². The van der Waals surface area contributed by atoms with Crippen LogP contribution in [0.25, 0.3) is 0 Å². The van der Waals surface area contributed by atoms with Crippen LogP contribution in [0.2, 0.25) is 0 Å². The smallest absolute Gasteiger partial charge is 0.384 e. The first-order valence-corrected chi connectivity index (χ1v) is 7.32. The van der Waals surface area contributed by atoms with E-state index in [0.29, 0.717) is 23.7 Å². The molecule has 8 heteroatoms. The van der Waals surface area contributed by atoms with E-state index in [0.717, 1.165) is 19.5 Å². The van der Waals surface area contributed by atoms with Crippen LogP contribution < -0.4 is 10.6 Å². The average molecular weight is 246 g/mol. The summed E-state index contributed by atoms with van der Waals surface area (Å²) < 4.78 is 10.4. The van der Waals surface area contributed by atoms with Crippen LogP contribution in [0.1, 0.15) is 6.42 Å². The van der Waals surface area contributed by atoms with E-state index in [2.05, 4.69) is 10.6 Å². The first-order valence-electron chi connectivity index (χ1n) is 4.11. The minimum absolute atomic E-state index is 0. The maximum absolute atomic E-state index is 10.4. The molecule has 6 nitrogen and oxygen atoms in total. The van der Waals surface area contributed by atoms with Gasteiger partial charge in [0.15, 0.2) is 0 Å². The zero-order valence-electron chi connectivity index (χ0n) is 8.19. The first kappa shape index (κ1) is 16.8. The highest BCUT2D eigenvalue weighted by molar-refractivity contribution is 8.54. The molecule has 0 unspecified atom stereocenters. The molecule has 0 saturated carbocycles. The monoisotopic (exact) mass is 246 g/mol. The molecule has 0 amide bonds. The van der Waals surface area contributed by atoms with Crippen LogP contribution in [-0.4, -0.2) is 47.7 Å². The van der Waals surface area contributed by atoms with Crippen molar-refractivity contribution in [3.05, 3.63) is 0 Å². The van der Waals surface area contributed by atoms with Crippen LogP contribution in [0.15, 0.2) is 0 Å². The van der Waals surface area contributed by atoms with Gasteiger partial charge in [-0.05, 0) is 37.9 Å². The number of rotatable bonds is 8. The Morgan fingerprint density at radius 1 is 1.29 bits per heavy atom. The van der Waals surface area contributed by atoms with Gasteiger partial charge in [0.25, 0.3) is 0 Å². The van der Waals surface area contributed by atoms with E-state index in [4.69, 9.17) is 9.79 Å². The Labute approximate surface area is 88.1 Å². The molecule has 0 aliphatic rings. The highest BCUT2D eigenvalue weighted by Crippen LogP contribution is 2.49. The molecule has 88 valence electrons. The van der Waals surface area contributed by atoms with Crippen molar-refractivity contribution < 1.29 is 19.8 Å².